The van der Waals surface area contributed by atoms with Crippen molar-refractivity contribution in [2.75, 3.05) is 6.54 Å². The Labute approximate surface area is 153 Å². The van der Waals surface area contributed by atoms with Crippen LogP contribution in [0.4, 0.5) is 4.79 Å². The summed E-state index contributed by atoms with van der Waals surface area (Å²) in [6.07, 6.45) is 2.03. The van der Waals surface area contributed by atoms with Gasteiger partial charge >= 0.3 is 12.0 Å². The third-order valence-electron chi connectivity index (χ3n) is 5.18. The molecule has 3 N–H and O–H groups in total. The lowest BCUT2D eigenvalue weighted by molar-refractivity contribution is -0.143. The summed E-state index contributed by atoms with van der Waals surface area (Å²) in [5, 5.41) is 14.4. The third kappa shape index (κ3) is 3.99. The maximum Gasteiger partial charge on any atom is 0.326 e. The van der Waals surface area contributed by atoms with Crippen LogP contribution in [-0.2, 0) is 14.4 Å². The Morgan fingerprint density at radius 1 is 1.31 bits per heavy atom. The molecule has 4 amide bonds. The van der Waals surface area contributed by atoms with Crippen LogP contribution in [0.2, 0.25) is 0 Å². The molecule has 146 valence electrons. The van der Waals surface area contributed by atoms with E-state index in [2.05, 4.69) is 31.4 Å². The summed E-state index contributed by atoms with van der Waals surface area (Å²) < 4.78 is 0. The highest BCUT2D eigenvalue weighted by atomic mass is 16.4. The zero-order chi connectivity index (χ0) is 19.9. The maximum atomic E-state index is 13.0. The van der Waals surface area contributed by atoms with Gasteiger partial charge < -0.3 is 15.7 Å². The Bertz CT molecular complexity index is 630. The molecule has 26 heavy (non-hydrogen) atoms. The second-order valence-corrected chi connectivity index (χ2v) is 8.89. The molecular weight excluding hydrogens is 338 g/mol. The normalized spacial score (nSPS) is 29.0. The van der Waals surface area contributed by atoms with Crippen molar-refractivity contribution >= 4 is 23.8 Å². The van der Waals surface area contributed by atoms with Crippen molar-refractivity contribution in [3.63, 3.8) is 0 Å². The fraction of sp³-hybridized carbons (Fsp3) is 0.778. The van der Waals surface area contributed by atoms with E-state index in [0.717, 1.165) is 11.3 Å². The number of carbonyl (C=O) groups excluding carboxylic acids is 3. The van der Waals surface area contributed by atoms with Gasteiger partial charge in [-0.3, -0.25) is 14.5 Å². The number of nitrogens with zero attached hydrogens (tertiary/aromatic N) is 1. The molecule has 1 aliphatic heterocycles. The molecule has 0 bridgehead atoms. The molecule has 1 saturated heterocycles. The number of aliphatic carboxylic acids is 1. The predicted octanol–water partition coefficient (Wildman–Crippen LogP) is 1.35. The summed E-state index contributed by atoms with van der Waals surface area (Å²) in [5.41, 5.74) is -1.06. The van der Waals surface area contributed by atoms with E-state index in [1.165, 1.54) is 0 Å². The molecule has 8 heteroatoms. The number of carboxylic acid groups (broad SMARTS) is 1. The molecule has 0 aromatic heterocycles. The van der Waals surface area contributed by atoms with Crippen LogP contribution >= 0.6 is 0 Å². The third-order valence-corrected chi connectivity index (χ3v) is 5.18. The SMILES string of the molecule is CC1CC(C)(C)CC2(C1)NC(=O)N(CC(=O)N[C@@H](C(=O)O)C(C)C)C2=O. The first-order chi connectivity index (χ1) is 11.9. The Morgan fingerprint density at radius 2 is 1.92 bits per heavy atom. The molecule has 1 saturated carbocycles. The zero-order valence-electron chi connectivity index (χ0n) is 16.1. The van der Waals surface area contributed by atoms with Gasteiger partial charge in [-0.2, -0.15) is 0 Å². The smallest absolute Gasteiger partial charge is 0.326 e. The molecular formula is C18H29N3O5. The molecule has 2 aliphatic rings. The molecule has 3 atom stereocenters. The van der Waals surface area contributed by atoms with Crippen LogP contribution in [0.25, 0.3) is 0 Å². The molecule has 1 heterocycles. The van der Waals surface area contributed by atoms with Gasteiger partial charge in [0.2, 0.25) is 5.91 Å². The van der Waals surface area contributed by atoms with Crippen LogP contribution in [-0.4, -0.2) is 51.9 Å². The van der Waals surface area contributed by atoms with Crippen LogP contribution in [0.5, 0.6) is 0 Å². The molecule has 1 spiro atoms. The molecule has 0 aromatic carbocycles. The van der Waals surface area contributed by atoms with Gasteiger partial charge in [0.15, 0.2) is 0 Å². The van der Waals surface area contributed by atoms with Crippen LogP contribution in [0.15, 0.2) is 0 Å². The molecule has 0 radical (unpaired) electrons. The second-order valence-electron chi connectivity index (χ2n) is 8.89. The number of nitrogens with one attached hydrogen (secondary N) is 2. The zero-order valence-corrected chi connectivity index (χ0v) is 16.1. The molecule has 2 rings (SSSR count). The summed E-state index contributed by atoms with van der Waals surface area (Å²) in [5.74, 6) is -2.24. The number of carbonyl (C=O) groups is 4. The monoisotopic (exact) mass is 367 g/mol. The number of rotatable bonds is 5. The molecule has 8 nitrogen and oxygen atoms in total. The van der Waals surface area contributed by atoms with Crippen LogP contribution in [0, 0.1) is 17.3 Å². The Morgan fingerprint density at radius 3 is 2.42 bits per heavy atom. The van der Waals surface area contributed by atoms with Crippen molar-refractivity contribution < 1.29 is 24.3 Å². The van der Waals surface area contributed by atoms with Crippen LogP contribution in [0.1, 0.15) is 53.9 Å². The number of imide groups is 1. The lowest BCUT2D eigenvalue weighted by Gasteiger charge is -2.43. The first-order valence-electron chi connectivity index (χ1n) is 9.03. The highest BCUT2D eigenvalue weighted by molar-refractivity contribution is 6.09. The standard InChI is InChI=1S/C18H29N3O5/c1-10(2)13(14(23)24)19-12(22)8-21-15(25)18(20-16(21)26)7-11(3)6-17(4,5)9-18/h10-11,13H,6-9H2,1-5H3,(H,19,22)(H,20,26)(H,23,24)/t11?,13-,18?/m1/s1. The Hall–Kier alpha value is -2.12. The van der Waals surface area contributed by atoms with Crippen molar-refractivity contribution in [3.8, 4) is 0 Å². The van der Waals surface area contributed by atoms with Gasteiger partial charge in [0.05, 0.1) is 0 Å². The lowest BCUT2D eigenvalue weighted by Crippen LogP contribution is -2.54. The summed E-state index contributed by atoms with van der Waals surface area (Å²) in [6.45, 7) is 9.06. The van der Waals surface area contributed by atoms with Crippen LogP contribution in [0.3, 0.4) is 0 Å². The number of hydrogen-bond acceptors (Lipinski definition) is 4. The Balaban J connectivity index is 2.12. The number of carboxylic acids is 1. The average molecular weight is 367 g/mol. The van der Waals surface area contributed by atoms with Crippen LogP contribution < -0.4 is 10.6 Å². The quantitative estimate of drug-likeness (QED) is 0.634. The fourth-order valence-corrected chi connectivity index (χ4v) is 4.53. The Kier molecular flexibility index (Phi) is 5.35. The number of hydrogen-bond donors (Lipinski definition) is 3. The fourth-order valence-electron chi connectivity index (χ4n) is 4.53. The van der Waals surface area contributed by atoms with E-state index in [0.29, 0.717) is 12.8 Å². The van der Waals surface area contributed by atoms with Crippen molar-refractivity contribution in [2.24, 2.45) is 17.3 Å². The highest BCUT2D eigenvalue weighted by Crippen LogP contribution is 2.46. The first kappa shape index (κ1) is 20.2. The minimum atomic E-state index is -1.15. The molecule has 1 aliphatic carbocycles. The summed E-state index contributed by atoms with van der Waals surface area (Å²) in [6, 6.07) is -1.66. The van der Waals surface area contributed by atoms with E-state index in [9.17, 15) is 19.2 Å². The van der Waals surface area contributed by atoms with Gasteiger partial charge in [-0.1, -0.05) is 34.6 Å². The predicted molar refractivity (Wildman–Crippen MR) is 94.2 cm³/mol. The summed E-state index contributed by atoms with van der Waals surface area (Å²) >= 11 is 0. The minimum absolute atomic E-state index is 0.0923. The first-order valence-corrected chi connectivity index (χ1v) is 9.03. The lowest BCUT2D eigenvalue weighted by atomic mass is 9.64. The molecule has 2 fully saturated rings. The van der Waals surface area contributed by atoms with E-state index in [1.807, 2.05) is 0 Å². The maximum absolute atomic E-state index is 13.0. The van der Waals surface area contributed by atoms with E-state index in [4.69, 9.17) is 5.11 Å². The largest absolute Gasteiger partial charge is 0.480 e. The van der Waals surface area contributed by atoms with Crippen molar-refractivity contribution in [3.05, 3.63) is 0 Å². The molecule has 0 aromatic rings. The van der Waals surface area contributed by atoms with Gasteiger partial charge in [0, 0.05) is 0 Å². The number of amides is 4. The van der Waals surface area contributed by atoms with Gasteiger partial charge in [-0.15, -0.1) is 0 Å². The van der Waals surface area contributed by atoms with Gasteiger partial charge in [-0.05, 0) is 36.5 Å². The molecule has 2 unspecified atom stereocenters. The van der Waals surface area contributed by atoms with Crippen molar-refractivity contribution in [1.82, 2.24) is 15.5 Å². The summed E-state index contributed by atoms with van der Waals surface area (Å²) in [7, 11) is 0. The average Bonchev–Trinajstić information content (AvgIpc) is 2.65. The van der Waals surface area contributed by atoms with Gasteiger partial charge in [0.1, 0.15) is 18.1 Å². The van der Waals surface area contributed by atoms with Crippen molar-refractivity contribution in [1.29, 1.82) is 0 Å². The van der Waals surface area contributed by atoms with Crippen molar-refractivity contribution in [2.45, 2.75) is 65.5 Å². The number of urea groups is 1. The van der Waals surface area contributed by atoms with Gasteiger partial charge in [0.25, 0.3) is 5.91 Å². The van der Waals surface area contributed by atoms with E-state index in [1.54, 1.807) is 13.8 Å². The summed E-state index contributed by atoms with van der Waals surface area (Å²) in [4.78, 5) is 49.7. The minimum Gasteiger partial charge on any atom is -0.480 e. The highest BCUT2D eigenvalue weighted by Gasteiger charge is 2.56. The van der Waals surface area contributed by atoms with E-state index < -0.39 is 41.9 Å². The second kappa shape index (κ2) is 6.89. The van der Waals surface area contributed by atoms with E-state index in [-0.39, 0.29) is 17.3 Å². The van der Waals surface area contributed by atoms with Gasteiger partial charge in [-0.25, -0.2) is 9.59 Å². The van der Waals surface area contributed by atoms with E-state index >= 15 is 0 Å². The topological polar surface area (TPSA) is 116 Å².